The summed E-state index contributed by atoms with van der Waals surface area (Å²) in [5, 5.41) is 3.02. The first-order chi connectivity index (χ1) is 10.7. The fourth-order valence-corrected chi connectivity index (χ4v) is 1.64. The molecule has 1 amide bonds. The monoisotopic (exact) mass is 458 g/mol. The van der Waals surface area contributed by atoms with E-state index in [1.54, 1.807) is 12.0 Å². The standard InChI is InChI=1S/C16H34N4O3.HI/c1-13(2)7-8-18-14(17)19-9-10-20(11-12-22-6)15(21)23-16(3,4)5;/h13H,7-12H2,1-6H3,(H3,17,18,19);1H. The fraction of sp³-hybridized carbons (Fsp3) is 0.875. The van der Waals surface area contributed by atoms with E-state index in [1.165, 1.54) is 0 Å². The number of halogens is 1. The van der Waals surface area contributed by atoms with Crippen molar-refractivity contribution in [1.82, 2.24) is 10.2 Å². The molecular weight excluding hydrogens is 423 g/mol. The quantitative estimate of drug-likeness (QED) is 0.315. The molecule has 0 rings (SSSR count). The number of ether oxygens (including phenoxy) is 2. The molecule has 0 aromatic carbocycles. The van der Waals surface area contributed by atoms with E-state index >= 15 is 0 Å². The van der Waals surface area contributed by atoms with Crippen LogP contribution < -0.4 is 11.1 Å². The van der Waals surface area contributed by atoms with Crippen molar-refractivity contribution >= 4 is 36.0 Å². The summed E-state index contributed by atoms with van der Waals surface area (Å²) in [5.74, 6) is 1.00. The van der Waals surface area contributed by atoms with E-state index in [2.05, 4.69) is 24.2 Å². The van der Waals surface area contributed by atoms with Gasteiger partial charge in [0.1, 0.15) is 5.60 Å². The summed E-state index contributed by atoms with van der Waals surface area (Å²) in [6, 6.07) is 0. The summed E-state index contributed by atoms with van der Waals surface area (Å²) in [6.45, 7) is 12.4. The molecule has 0 aromatic rings. The number of hydrogen-bond donors (Lipinski definition) is 2. The number of methoxy groups -OCH3 is 1. The Labute approximate surface area is 163 Å². The van der Waals surface area contributed by atoms with Gasteiger partial charge in [0, 0.05) is 33.3 Å². The third-order valence-electron chi connectivity index (χ3n) is 2.89. The summed E-state index contributed by atoms with van der Waals surface area (Å²) in [6.07, 6.45) is 0.645. The van der Waals surface area contributed by atoms with Crippen LogP contribution in [0.4, 0.5) is 4.79 Å². The van der Waals surface area contributed by atoms with Crippen LogP contribution in [-0.2, 0) is 9.47 Å². The Morgan fingerprint density at radius 2 is 1.92 bits per heavy atom. The van der Waals surface area contributed by atoms with Gasteiger partial charge >= 0.3 is 6.09 Å². The van der Waals surface area contributed by atoms with E-state index in [0.717, 1.165) is 6.42 Å². The molecule has 0 aromatic heterocycles. The topological polar surface area (TPSA) is 89.2 Å². The minimum atomic E-state index is -0.521. The molecule has 0 aliphatic carbocycles. The van der Waals surface area contributed by atoms with Gasteiger partial charge in [0.25, 0.3) is 0 Å². The zero-order valence-electron chi connectivity index (χ0n) is 15.9. The fourth-order valence-electron chi connectivity index (χ4n) is 1.64. The Morgan fingerprint density at radius 1 is 1.29 bits per heavy atom. The molecule has 0 radical (unpaired) electrons. The van der Waals surface area contributed by atoms with Crippen LogP contribution in [0.1, 0.15) is 41.0 Å². The highest BCUT2D eigenvalue weighted by atomic mass is 127. The first-order valence-corrected chi connectivity index (χ1v) is 8.16. The number of hydrogen-bond acceptors (Lipinski definition) is 4. The maximum Gasteiger partial charge on any atom is 0.410 e. The van der Waals surface area contributed by atoms with E-state index in [9.17, 15) is 4.79 Å². The third kappa shape index (κ3) is 14.8. The molecule has 0 heterocycles. The van der Waals surface area contributed by atoms with Gasteiger partial charge in [-0.2, -0.15) is 0 Å². The van der Waals surface area contributed by atoms with Crippen molar-refractivity contribution in [3.8, 4) is 0 Å². The smallest absolute Gasteiger partial charge is 0.410 e. The second kappa shape index (κ2) is 13.5. The van der Waals surface area contributed by atoms with Crippen molar-refractivity contribution in [2.45, 2.75) is 46.6 Å². The summed E-state index contributed by atoms with van der Waals surface area (Å²) < 4.78 is 10.4. The largest absolute Gasteiger partial charge is 0.444 e. The Kier molecular flexibility index (Phi) is 14.3. The number of nitrogens with one attached hydrogen (secondary N) is 1. The summed E-state index contributed by atoms with van der Waals surface area (Å²) >= 11 is 0. The van der Waals surface area contributed by atoms with Crippen molar-refractivity contribution in [3.63, 3.8) is 0 Å². The minimum absolute atomic E-state index is 0. The molecule has 0 aliphatic rings. The number of aliphatic imine (C=N–C) groups is 1. The van der Waals surface area contributed by atoms with E-state index in [4.69, 9.17) is 15.2 Å². The molecule has 3 N–H and O–H groups in total. The zero-order chi connectivity index (χ0) is 17.9. The lowest BCUT2D eigenvalue weighted by Gasteiger charge is -2.27. The predicted octanol–water partition coefficient (Wildman–Crippen LogP) is 2.44. The second-order valence-corrected chi connectivity index (χ2v) is 6.84. The molecule has 7 nitrogen and oxygen atoms in total. The van der Waals surface area contributed by atoms with Crippen molar-refractivity contribution in [3.05, 3.63) is 0 Å². The van der Waals surface area contributed by atoms with Gasteiger partial charge in [-0.1, -0.05) is 13.8 Å². The highest BCUT2D eigenvalue weighted by molar-refractivity contribution is 14.0. The molecule has 0 saturated heterocycles. The van der Waals surface area contributed by atoms with Gasteiger partial charge in [-0.3, -0.25) is 4.99 Å². The van der Waals surface area contributed by atoms with E-state index in [0.29, 0.717) is 44.7 Å². The van der Waals surface area contributed by atoms with Crippen LogP contribution in [0.5, 0.6) is 0 Å². The summed E-state index contributed by atoms with van der Waals surface area (Å²) in [7, 11) is 1.60. The molecule has 0 unspecified atom stereocenters. The van der Waals surface area contributed by atoms with Crippen LogP contribution in [0.25, 0.3) is 0 Å². The number of nitrogens with zero attached hydrogens (tertiary/aromatic N) is 2. The molecule has 0 fully saturated rings. The highest BCUT2D eigenvalue weighted by Crippen LogP contribution is 2.09. The molecular formula is C16H35IN4O3. The normalized spacial score (nSPS) is 11.9. The van der Waals surface area contributed by atoms with Crippen LogP contribution >= 0.6 is 24.0 Å². The number of guanidine groups is 1. The molecule has 0 spiro atoms. The van der Waals surface area contributed by atoms with Gasteiger partial charge in [0.2, 0.25) is 0 Å². The maximum absolute atomic E-state index is 12.1. The van der Waals surface area contributed by atoms with E-state index < -0.39 is 5.60 Å². The number of carbonyl (C=O) groups is 1. The van der Waals surface area contributed by atoms with Gasteiger partial charge in [-0.25, -0.2) is 4.79 Å². The molecule has 0 bridgehead atoms. The second-order valence-electron chi connectivity index (χ2n) is 6.84. The molecule has 8 heteroatoms. The van der Waals surface area contributed by atoms with Crippen molar-refractivity contribution < 1.29 is 14.3 Å². The number of amides is 1. The molecule has 24 heavy (non-hydrogen) atoms. The zero-order valence-corrected chi connectivity index (χ0v) is 18.3. The van der Waals surface area contributed by atoms with Crippen LogP contribution in [0.3, 0.4) is 0 Å². The molecule has 0 saturated carbocycles. The predicted molar refractivity (Wildman–Crippen MR) is 109 cm³/mol. The summed E-state index contributed by atoms with van der Waals surface area (Å²) in [5.41, 5.74) is 5.28. The minimum Gasteiger partial charge on any atom is -0.444 e. The lowest BCUT2D eigenvalue weighted by Crippen LogP contribution is -2.44. The van der Waals surface area contributed by atoms with Crippen LogP contribution in [-0.4, -0.2) is 62.4 Å². The van der Waals surface area contributed by atoms with E-state index in [-0.39, 0.29) is 30.1 Å². The first-order valence-electron chi connectivity index (χ1n) is 8.16. The van der Waals surface area contributed by atoms with Gasteiger partial charge < -0.3 is 25.4 Å². The number of carbonyl (C=O) groups excluding carboxylic acids is 1. The first kappa shape index (κ1) is 25.5. The number of rotatable bonds is 9. The van der Waals surface area contributed by atoms with Crippen LogP contribution in [0.15, 0.2) is 4.99 Å². The summed E-state index contributed by atoms with van der Waals surface area (Å²) in [4.78, 5) is 18.0. The SMILES string of the molecule is COCCN(CCNC(N)=NCCC(C)C)C(=O)OC(C)(C)C.I. The Balaban J connectivity index is 0. The van der Waals surface area contributed by atoms with E-state index in [1.807, 2.05) is 20.8 Å². The Morgan fingerprint density at radius 3 is 2.42 bits per heavy atom. The van der Waals surface area contributed by atoms with Crippen molar-refractivity contribution in [1.29, 1.82) is 0 Å². The average molecular weight is 458 g/mol. The van der Waals surface area contributed by atoms with Gasteiger partial charge in [0.15, 0.2) is 5.96 Å². The molecule has 0 aliphatic heterocycles. The van der Waals surface area contributed by atoms with Crippen LogP contribution in [0.2, 0.25) is 0 Å². The Hall–Kier alpha value is -0.770. The maximum atomic E-state index is 12.1. The number of nitrogens with two attached hydrogens (primary N) is 1. The molecule has 0 atom stereocenters. The van der Waals surface area contributed by atoms with Crippen molar-refractivity contribution in [2.75, 3.05) is 39.9 Å². The third-order valence-corrected chi connectivity index (χ3v) is 2.89. The van der Waals surface area contributed by atoms with Crippen LogP contribution in [0, 0.1) is 5.92 Å². The van der Waals surface area contributed by atoms with Gasteiger partial charge in [0.05, 0.1) is 6.61 Å². The lowest BCUT2D eigenvalue weighted by molar-refractivity contribution is 0.0206. The molecule has 144 valence electrons. The highest BCUT2D eigenvalue weighted by Gasteiger charge is 2.21. The van der Waals surface area contributed by atoms with Gasteiger partial charge in [-0.15, -0.1) is 24.0 Å². The van der Waals surface area contributed by atoms with Crippen molar-refractivity contribution in [2.24, 2.45) is 16.6 Å². The Bertz CT molecular complexity index is 371. The van der Waals surface area contributed by atoms with Gasteiger partial charge in [-0.05, 0) is 33.1 Å². The lowest BCUT2D eigenvalue weighted by atomic mass is 10.1. The average Bonchev–Trinajstić information content (AvgIpc) is 2.40.